The summed E-state index contributed by atoms with van der Waals surface area (Å²) in [5, 5.41) is 1.09. The summed E-state index contributed by atoms with van der Waals surface area (Å²) in [4.78, 5) is 18.3. The lowest BCUT2D eigenvalue weighted by Gasteiger charge is -2.31. The van der Waals surface area contributed by atoms with Crippen LogP contribution in [-0.2, 0) is 4.74 Å². The van der Waals surface area contributed by atoms with E-state index in [4.69, 9.17) is 9.47 Å². The number of likely N-dealkylation sites (tertiary alicyclic amines) is 1. The summed E-state index contributed by atoms with van der Waals surface area (Å²) in [6.45, 7) is 7.93. The average Bonchev–Trinajstić information content (AvgIpc) is 2.60. The van der Waals surface area contributed by atoms with Gasteiger partial charge >= 0.3 is 6.09 Å². The van der Waals surface area contributed by atoms with Gasteiger partial charge in [-0.1, -0.05) is 19.9 Å². The van der Waals surface area contributed by atoms with Gasteiger partial charge in [-0.3, -0.25) is 4.98 Å². The molecule has 0 N–H and O–H groups in total. The van der Waals surface area contributed by atoms with Crippen LogP contribution in [-0.4, -0.2) is 41.8 Å². The molecule has 3 rings (SSSR count). The normalized spacial score (nSPS) is 15.6. The van der Waals surface area contributed by atoms with Gasteiger partial charge in [-0.05, 0) is 36.6 Å². The molecule has 1 aliphatic heterocycles. The number of piperidine rings is 1. The lowest BCUT2D eigenvalue weighted by Crippen LogP contribution is -2.42. The smallest absolute Gasteiger partial charge is 0.409 e. The number of rotatable bonds is 4. The SMILES string of the molecule is Cc1cc(OC2CCN(C(=O)OCC(C)C)CC2)c2ncccc2c1. The summed E-state index contributed by atoms with van der Waals surface area (Å²) in [6.07, 6.45) is 3.28. The van der Waals surface area contributed by atoms with Gasteiger partial charge in [0.15, 0.2) is 0 Å². The van der Waals surface area contributed by atoms with Gasteiger partial charge in [-0.25, -0.2) is 4.79 Å². The van der Waals surface area contributed by atoms with Gasteiger partial charge in [0.25, 0.3) is 0 Å². The number of hydrogen-bond acceptors (Lipinski definition) is 4. The van der Waals surface area contributed by atoms with E-state index in [9.17, 15) is 4.79 Å². The van der Waals surface area contributed by atoms with E-state index in [0.29, 0.717) is 25.6 Å². The highest BCUT2D eigenvalue weighted by Crippen LogP contribution is 2.28. The molecule has 1 saturated heterocycles. The molecule has 1 aliphatic rings. The molecule has 5 heteroatoms. The van der Waals surface area contributed by atoms with Gasteiger partial charge in [0.2, 0.25) is 0 Å². The predicted octanol–water partition coefficient (Wildman–Crippen LogP) is 4.18. The van der Waals surface area contributed by atoms with E-state index in [1.54, 1.807) is 11.1 Å². The Labute approximate surface area is 148 Å². The third-order valence-corrected chi connectivity index (χ3v) is 4.35. The van der Waals surface area contributed by atoms with E-state index >= 15 is 0 Å². The van der Waals surface area contributed by atoms with Crippen LogP contribution in [0.25, 0.3) is 10.9 Å². The highest BCUT2D eigenvalue weighted by atomic mass is 16.6. The monoisotopic (exact) mass is 342 g/mol. The van der Waals surface area contributed by atoms with Crippen molar-refractivity contribution in [1.29, 1.82) is 0 Å². The summed E-state index contributed by atoms with van der Waals surface area (Å²) >= 11 is 0. The van der Waals surface area contributed by atoms with Crippen LogP contribution < -0.4 is 4.74 Å². The van der Waals surface area contributed by atoms with Crippen LogP contribution in [0.1, 0.15) is 32.3 Å². The second-order valence-corrected chi connectivity index (χ2v) is 7.11. The Kier molecular flexibility index (Phi) is 5.41. The van der Waals surface area contributed by atoms with Gasteiger partial charge in [0.05, 0.1) is 6.61 Å². The first-order valence-corrected chi connectivity index (χ1v) is 8.96. The van der Waals surface area contributed by atoms with Crippen LogP contribution in [0.2, 0.25) is 0 Å². The molecule has 0 aliphatic carbocycles. The van der Waals surface area contributed by atoms with Crippen LogP contribution >= 0.6 is 0 Å². The van der Waals surface area contributed by atoms with Gasteiger partial charge < -0.3 is 14.4 Å². The number of amides is 1. The Morgan fingerprint density at radius 1 is 1.32 bits per heavy atom. The maximum absolute atomic E-state index is 12.0. The number of hydrogen-bond donors (Lipinski definition) is 0. The summed E-state index contributed by atoms with van der Waals surface area (Å²) in [7, 11) is 0. The largest absolute Gasteiger partial charge is 0.488 e. The second-order valence-electron chi connectivity index (χ2n) is 7.11. The van der Waals surface area contributed by atoms with Crippen LogP contribution in [0.3, 0.4) is 0 Å². The Hall–Kier alpha value is -2.30. The maximum Gasteiger partial charge on any atom is 0.409 e. The first kappa shape index (κ1) is 17.5. The van der Waals surface area contributed by atoms with Crippen molar-refractivity contribution < 1.29 is 14.3 Å². The van der Waals surface area contributed by atoms with Crippen molar-refractivity contribution >= 4 is 17.0 Å². The molecular formula is C20H26N2O3. The fourth-order valence-electron chi connectivity index (χ4n) is 3.06. The van der Waals surface area contributed by atoms with E-state index < -0.39 is 0 Å². The van der Waals surface area contributed by atoms with Gasteiger partial charge in [-0.2, -0.15) is 0 Å². The Morgan fingerprint density at radius 2 is 2.08 bits per heavy atom. The number of aromatic nitrogens is 1. The third-order valence-electron chi connectivity index (χ3n) is 4.35. The number of carbonyl (C=O) groups excluding carboxylic acids is 1. The lowest BCUT2D eigenvalue weighted by molar-refractivity contribution is 0.0622. The molecule has 1 fully saturated rings. The Balaban J connectivity index is 1.60. The molecule has 1 aromatic heterocycles. The van der Waals surface area contributed by atoms with Crippen molar-refractivity contribution in [3.05, 3.63) is 36.0 Å². The molecule has 2 heterocycles. The van der Waals surface area contributed by atoms with Crippen molar-refractivity contribution in [2.45, 2.75) is 39.7 Å². The standard InChI is InChI=1S/C20H26N2O3/c1-14(2)13-24-20(23)22-9-6-17(7-10-22)25-18-12-15(3)11-16-5-4-8-21-19(16)18/h4-5,8,11-12,14,17H,6-7,9-10,13H2,1-3H3. The Morgan fingerprint density at radius 3 is 2.80 bits per heavy atom. The molecule has 0 atom stereocenters. The number of benzene rings is 1. The molecule has 0 saturated carbocycles. The molecule has 5 nitrogen and oxygen atoms in total. The number of pyridine rings is 1. The summed E-state index contributed by atoms with van der Waals surface area (Å²) in [5.41, 5.74) is 2.05. The van der Waals surface area contributed by atoms with Crippen molar-refractivity contribution in [3.63, 3.8) is 0 Å². The van der Waals surface area contributed by atoms with E-state index in [1.807, 2.05) is 26.0 Å². The molecule has 0 bridgehead atoms. The van der Waals surface area contributed by atoms with Crippen molar-refractivity contribution in [2.24, 2.45) is 5.92 Å². The number of ether oxygens (including phenoxy) is 2. The van der Waals surface area contributed by atoms with Crippen LogP contribution in [0, 0.1) is 12.8 Å². The quantitative estimate of drug-likeness (QED) is 0.836. The second kappa shape index (κ2) is 7.72. The first-order valence-electron chi connectivity index (χ1n) is 8.96. The van der Waals surface area contributed by atoms with Crippen LogP contribution in [0.4, 0.5) is 4.79 Å². The Bertz CT molecular complexity index is 737. The van der Waals surface area contributed by atoms with Crippen LogP contribution in [0.5, 0.6) is 5.75 Å². The minimum atomic E-state index is -0.213. The highest BCUT2D eigenvalue weighted by molar-refractivity contribution is 5.85. The number of carbonyl (C=O) groups is 1. The predicted molar refractivity (Wildman–Crippen MR) is 97.9 cm³/mol. The van der Waals surface area contributed by atoms with E-state index in [1.165, 1.54) is 0 Å². The number of nitrogens with zero attached hydrogens (tertiary/aromatic N) is 2. The van der Waals surface area contributed by atoms with Crippen LogP contribution in [0.15, 0.2) is 30.5 Å². The molecule has 0 spiro atoms. The van der Waals surface area contributed by atoms with Gasteiger partial charge in [0, 0.05) is 37.5 Å². The fraction of sp³-hybridized carbons (Fsp3) is 0.500. The molecule has 0 radical (unpaired) electrons. The zero-order valence-corrected chi connectivity index (χ0v) is 15.2. The number of aryl methyl sites for hydroxylation is 1. The summed E-state index contributed by atoms with van der Waals surface area (Å²) < 4.78 is 11.5. The fourth-order valence-corrected chi connectivity index (χ4v) is 3.06. The third kappa shape index (κ3) is 4.41. The zero-order chi connectivity index (χ0) is 17.8. The highest BCUT2D eigenvalue weighted by Gasteiger charge is 2.25. The van der Waals surface area contributed by atoms with Gasteiger partial charge in [-0.15, -0.1) is 0 Å². The maximum atomic E-state index is 12.0. The molecule has 25 heavy (non-hydrogen) atoms. The minimum absolute atomic E-state index is 0.0983. The van der Waals surface area contributed by atoms with Gasteiger partial charge in [0.1, 0.15) is 17.4 Å². The van der Waals surface area contributed by atoms with Crippen molar-refractivity contribution in [2.75, 3.05) is 19.7 Å². The zero-order valence-electron chi connectivity index (χ0n) is 15.2. The molecular weight excluding hydrogens is 316 g/mol. The molecule has 1 aromatic carbocycles. The topological polar surface area (TPSA) is 51.7 Å². The summed E-state index contributed by atoms with van der Waals surface area (Å²) in [5.74, 6) is 1.18. The molecule has 2 aromatic rings. The summed E-state index contributed by atoms with van der Waals surface area (Å²) in [6, 6.07) is 8.14. The first-order chi connectivity index (χ1) is 12.0. The molecule has 1 amide bonds. The average molecular weight is 342 g/mol. The van der Waals surface area contributed by atoms with E-state index in [-0.39, 0.29) is 12.2 Å². The van der Waals surface area contributed by atoms with E-state index in [0.717, 1.165) is 35.1 Å². The minimum Gasteiger partial charge on any atom is -0.488 e. The van der Waals surface area contributed by atoms with E-state index in [2.05, 4.69) is 24.0 Å². The van der Waals surface area contributed by atoms with Crippen molar-refractivity contribution in [1.82, 2.24) is 9.88 Å². The van der Waals surface area contributed by atoms with Crippen molar-refractivity contribution in [3.8, 4) is 5.75 Å². The molecule has 0 unspecified atom stereocenters. The molecule has 134 valence electrons. The number of fused-ring (bicyclic) bond motifs is 1. The lowest BCUT2D eigenvalue weighted by atomic mass is 10.1.